The lowest BCUT2D eigenvalue weighted by Gasteiger charge is -2.34. The Morgan fingerprint density at radius 3 is 2.96 bits per heavy atom. The first-order chi connectivity index (χ1) is 11.9. The van der Waals surface area contributed by atoms with Gasteiger partial charge in [-0.1, -0.05) is 11.6 Å². The van der Waals surface area contributed by atoms with Crippen LogP contribution in [0.25, 0.3) is 11.0 Å². The molecule has 1 amide bonds. The van der Waals surface area contributed by atoms with Crippen LogP contribution < -0.4 is 0 Å². The summed E-state index contributed by atoms with van der Waals surface area (Å²) in [5, 5.41) is 10.2. The first-order valence-corrected chi connectivity index (χ1v) is 8.30. The van der Waals surface area contributed by atoms with Crippen LogP contribution in [0.3, 0.4) is 0 Å². The minimum absolute atomic E-state index is 0.0713. The van der Waals surface area contributed by atoms with Gasteiger partial charge in [0.05, 0.1) is 19.3 Å². The number of rotatable bonds is 5. The Morgan fingerprint density at radius 1 is 1.40 bits per heavy atom. The van der Waals surface area contributed by atoms with Crippen molar-refractivity contribution < 1.29 is 23.8 Å². The van der Waals surface area contributed by atoms with Gasteiger partial charge in [0.15, 0.2) is 5.76 Å². The largest absolute Gasteiger partial charge is 0.480 e. The van der Waals surface area contributed by atoms with Crippen molar-refractivity contribution in [3.63, 3.8) is 0 Å². The Morgan fingerprint density at radius 2 is 2.20 bits per heavy atom. The third-order valence-electron chi connectivity index (χ3n) is 4.04. The van der Waals surface area contributed by atoms with Crippen molar-refractivity contribution in [3.8, 4) is 0 Å². The smallest absolute Gasteiger partial charge is 0.317 e. The number of morpholine rings is 1. The molecule has 2 heterocycles. The van der Waals surface area contributed by atoms with Crippen molar-refractivity contribution >= 4 is 34.4 Å². The second-order valence-electron chi connectivity index (χ2n) is 6.13. The third-order valence-corrected chi connectivity index (χ3v) is 4.27. The second-order valence-corrected chi connectivity index (χ2v) is 6.56. The number of furan rings is 1. The van der Waals surface area contributed by atoms with E-state index in [4.69, 9.17) is 25.9 Å². The second kappa shape index (κ2) is 7.43. The lowest BCUT2D eigenvalue weighted by Crippen LogP contribution is -2.49. The first kappa shape index (κ1) is 17.7. The number of hydrogen-bond acceptors (Lipinski definition) is 5. The Hall–Kier alpha value is -2.09. The molecule has 1 aliphatic heterocycles. The van der Waals surface area contributed by atoms with Crippen LogP contribution in [0.15, 0.2) is 28.7 Å². The molecule has 1 fully saturated rings. The lowest BCUT2D eigenvalue weighted by molar-refractivity contribution is -0.138. The number of halogens is 1. The van der Waals surface area contributed by atoms with Crippen molar-refractivity contribution in [2.75, 3.05) is 39.8 Å². The Balaban J connectivity index is 1.67. The summed E-state index contributed by atoms with van der Waals surface area (Å²) < 4.78 is 11.3. The van der Waals surface area contributed by atoms with Gasteiger partial charge in [0.1, 0.15) is 5.58 Å². The Bertz CT molecular complexity index is 790. The summed E-state index contributed by atoms with van der Waals surface area (Å²) in [6, 6.07) is 6.88. The number of carboxylic acids is 1. The van der Waals surface area contributed by atoms with E-state index >= 15 is 0 Å². The van der Waals surface area contributed by atoms with Crippen molar-refractivity contribution in [2.45, 2.75) is 6.10 Å². The standard InChI is InChI=1S/C17H19ClN2O5/c1-19(10-16(21)22)8-13-9-20(4-5-24-13)17(23)15-7-11-6-12(18)2-3-14(11)25-15/h2-3,6-7,13H,4-5,8-10H2,1H3,(H,21,22). The molecular weight excluding hydrogens is 348 g/mol. The highest BCUT2D eigenvalue weighted by atomic mass is 35.5. The monoisotopic (exact) mass is 366 g/mol. The normalized spacial score (nSPS) is 18.0. The van der Waals surface area contributed by atoms with E-state index in [1.54, 1.807) is 41.1 Å². The highest BCUT2D eigenvalue weighted by Gasteiger charge is 2.28. The van der Waals surface area contributed by atoms with Gasteiger partial charge in [0, 0.05) is 30.0 Å². The number of amides is 1. The number of likely N-dealkylation sites (N-methyl/N-ethyl adjacent to an activating group) is 1. The maximum Gasteiger partial charge on any atom is 0.317 e. The predicted octanol–water partition coefficient (Wildman–Crippen LogP) is 1.94. The maximum atomic E-state index is 12.7. The first-order valence-electron chi connectivity index (χ1n) is 7.92. The van der Waals surface area contributed by atoms with E-state index in [0.717, 1.165) is 5.39 Å². The predicted molar refractivity (Wildman–Crippen MR) is 92.0 cm³/mol. The summed E-state index contributed by atoms with van der Waals surface area (Å²) in [4.78, 5) is 26.8. The summed E-state index contributed by atoms with van der Waals surface area (Å²) >= 11 is 5.96. The molecule has 1 aromatic carbocycles. The lowest BCUT2D eigenvalue weighted by atomic mass is 10.2. The number of fused-ring (bicyclic) bond motifs is 1. The zero-order valence-corrected chi connectivity index (χ0v) is 14.5. The topological polar surface area (TPSA) is 83.2 Å². The van der Waals surface area contributed by atoms with Crippen LogP contribution in [0.1, 0.15) is 10.6 Å². The molecule has 3 rings (SSSR count). The van der Waals surface area contributed by atoms with Crippen LogP contribution in [0.2, 0.25) is 5.02 Å². The van der Waals surface area contributed by atoms with Gasteiger partial charge < -0.3 is 19.2 Å². The average Bonchev–Trinajstić information content (AvgIpc) is 2.96. The SMILES string of the molecule is CN(CC(=O)O)CC1CN(C(=O)c2cc3cc(Cl)ccc3o2)CCO1. The van der Waals surface area contributed by atoms with Crippen molar-refractivity contribution in [2.24, 2.45) is 0 Å². The van der Waals surface area contributed by atoms with Gasteiger partial charge in [-0.25, -0.2) is 0 Å². The zero-order valence-electron chi connectivity index (χ0n) is 13.8. The van der Waals surface area contributed by atoms with Gasteiger partial charge in [0.25, 0.3) is 5.91 Å². The molecule has 2 aromatic rings. The van der Waals surface area contributed by atoms with E-state index < -0.39 is 5.97 Å². The minimum atomic E-state index is -0.896. The van der Waals surface area contributed by atoms with Crippen molar-refractivity contribution in [3.05, 3.63) is 35.0 Å². The Kier molecular flexibility index (Phi) is 5.27. The van der Waals surface area contributed by atoms with Crippen LogP contribution in [-0.4, -0.2) is 72.7 Å². The van der Waals surface area contributed by atoms with Gasteiger partial charge in [0.2, 0.25) is 0 Å². The molecule has 8 heteroatoms. The Labute approximate surface area is 149 Å². The summed E-state index contributed by atoms with van der Waals surface area (Å²) in [5.41, 5.74) is 0.610. The minimum Gasteiger partial charge on any atom is -0.480 e. The summed E-state index contributed by atoms with van der Waals surface area (Å²) in [6.07, 6.45) is -0.235. The molecule has 1 saturated heterocycles. The van der Waals surface area contributed by atoms with Gasteiger partial charge in [-0.2, -0.15) is 0 Å². The van der Waals surface area contributed by atoms with E-state index in [0.29, 0.717) is 36.8 Å². The van der Waals surface area contributed by atoms with Crippen LogP contribution in [0.5, 0.6) is 0 Å². The fourth-order valence-corrected chi connectivity index (χ4v) is 3.11. The quantitative estimate of drug-likeness (QED) is 0.870. The number of nitrogens with zero attached hydrogens (tertiary/aromatic N) is 2. The molecule has 0 radical (unpaired) electrons. The number of carbonyl (C=O) groups excluding carboxylic acids is 1. The molecule has 1 atom stereocenters. The number of ether oxygens (including phenoxy) is 1. The third kappa shape index (κ3) is 4.31. The highest BCUT2D eigenvalue weighted by molar-refractivity contribution is 6.31. The zero-order chi connectivity index (χ0) is 18.0. The molecule has 1 unspecified atom stereocenters. The molecule has 7 nitrogen and oxygen atoms in total. The van der Waals surface area contributed by atoms with E-state index in [-0.39, 0.29) is 24.3 Å². The van der Waals surface area contributed by atoms with Crippen LogP contribution in [0, 0.1) is 0 Å². The summed E-state index contributed by atoms with van der Waals surface area (Å²) in [7, 11) is 1.71. The van der Waals surface area contributed by atoms with Crippen LogP contribution in [0.4, 0.5) is 0 Å². The van der Waals surface area contributed by atoms with Crippen molar-refractivity contribution in [1.29, 1.82) is 0 Å². The van der Waals surface area contributed by atoms with E-state index in [9.17, 15) is 9.59 Å². The summed E-state index contributed by atoms with van der Waals surface area (Å²) in [5.74, 6) is -0.842. The number of carbonyl (C=O) groups is 2. The highest BCUT2D eigenvalue weighted by Crippen LogP contribution is 2.24. The number of carboxylic acid groups (broad SMARTS) is 1. The van der Waals surface area contributed by atoms with Gasteiger partial charge in [-0.05, 0) is 31.3 Å². The maximum absolute atomic E-state index is 12.7. The van der Waals surface area contributed by atoms with E-state index in [1.807, 2.05) is 0 Å². The molecule has 134 valence electrons. The molecular formula is C17H19ClN2O5. The fourth-order valence-electron chi connectivity index (χ4n) is 2.93. The van der Waals surface area contributed by atoms with Gasteiger partial charge in [-0.3, -0.25) is 14.5 Å². The molecule has 1 aliphatic rings. The average molecular weight is 367 g/mol. The molecule has 25 heavy (non-hydrogen) atoms. The van der Waals surface area contributed by atoms with Crippen LogP contribution in [-0.2, 0) is 9.53 Å². The number of aliphatic carboxylic acids is 1. The molecule has 0 aliphatic carbocycles. The van der Waals surface area contributed by atoms with Crippen LogP contribution >= 0.6 is 11.6 Å². The molecule has 0 spiro atoms. The van der Waals surface area contributed by atoms with Crippen molar-refractivity contribution in [1.82, 2.24) is 9.80 Å². The van der Waals surface area contributed by atoms with Gasteiger partial charge in [-0.15, -0.1) is 0 Å². The fraction of sp³-hybridized carbons (Fsp3) is 0.412. The number of benzene rings is 1. The molecule has 0 bridgehead atoms. The summed E-state index contributed by atoms with van der Waals surface area (Å²) in [6.45, 7) is 1.63. The van der Waals surface area contributed by atoms with Gasteiger partial charge >= 0.3 is 5.97 Å². The van der Waals surface area contributed by atoms with E-state index in [1.165, 1.54) is 0 Å². The molecule has 0 saturated carbocycles. The van der Waals surface area contributed by atoms with E-state index in [2.05, 4.69) is 0 Å². The number of hydrogen-bond donors (Lipinski definition) is 1. The molecule has 1 N–H and O–H groups in total. The molecule has 1 aromatic heterocycles.